The average Bonchev–Trinajstić information content (AvgIpc) is 3.31. The molecule has 0 aromatic heterocycles. The second-order valence-corrected chi connectivity index (χ2v) is 23.5. The number of ether oxygens (including phenoxy) is 7. The van der Waals surface area contributed by atoms with Crippen LogP contribution in [0.25, 0.3) is 0 Å². The number of carbonyl (C=O) groups is 2. The first-order chi connectivity index (χ1) is 32.3. The summed E-state index contributed by atoms with van der Waals surface area (Å²) in [6, 6.07) is 0. The van der Waals surface area contributed by atoms with Crippen LogP contribution in [0.1, 0.15) is 106 Å². The van der Waals surface area contributed by atoms with Crippen LogP contribution in [0.4, 0.5) is 0 Å². The van der Waals surface area contributed by atoms with Gasteiger partial charge in [-0.15, -0.1) is 0 Å². The van der Waals surface area contributed by atoms with E-state index >= 15 is 0 Å². The number of aliphatic hydroxyl groups excluding tert-OH is 11. The third kappa shape index (κ3) is 8.36. The molecule has 394 valence electrons. The van der Waals surface area contributed by atoms with Crippen molar-refractivity contribution in [2.45, 2.75) is 204 Å². The lowest BCUT2D eigenvalue weighted by Gasteiger charge is -2.71. The first-order valence-electron chi connectivity index (χ1n) is 24.9. The smallest absolute Gasteiger partial charge is 0.337 e. The van der Waals surface area contributed by atoms with Gasteiger partial charge in [-0.3, -0.25) is 4.79 Å². The summed E-state index contributed by atoms with van der Waals surface area (Å²) in [4.78, 5) is 27.6. The molecule has 8 rings (SSSR count). The number of methoxy groups -OCH3 is 1. The molecule has 0 spiro atoms. The van der Waals surface area contributed by atoms with Gasteiger partial charge in [0, 0.05) is 5.41 Å². The Hall–Kier alpha value is -1.96. The average molecular weight is 987 g/mol. The van der Waals surface area contributed by atoms with Crippen molar-refractivity contribution in [3.8, 4) is 0 Å². The van der Waals surface area contributed by atoms with Crippen LogP contribution in [0, 0.1) is 50.2 Å². The van der Waals surface area contributed by atoms with Crippen LogP contribution in [-0.2, 0) is 42.7 Å². The van der Waals surface area contributed by atoms with E-state index in [4.69, 9.17) is 33.2 Å². The summed E-state index contributed by atoms with van der Waals surface area (Å²) in [5, 5.41) is 117. The van der Waals surface area contributed by atoms with E-state index in [2.05, 4.69) is 40.7 Å². The maximum atomic E-state index is 14.7. The lowest BCUT2D eigenvalue weighted by molar-refractivity contribution is -0.375. The Kier molecular flexibility index (Phi) is 14.7. The molecule has 3 heterocycles. The number of allylic oxidation sites excluding steroid dienone is 2. The van der Waals surface area contributed by atoms with Crippen LogP contribution in [-0.4, -0.2) is 193 Å². The Morgan fingerprint density at radius 3 is 1.87 bits per heavy atom. The number of aliphatic hydroxyl groups is 11. The molecule has 0 unspecified atom stereocenters. The van der Waals surface area contributed by atoms with E-state index in [-0.39, 0.29) is 46.0 Å². The summed E-state index contributed by atoms with van der Waals surface area (Å²) in [7, 11) is 1.09. The summed E-state index contributed by atoms with van der Waals surface area (Å²) >= 11 is 0. The maximum Gasteiger partial charge on any atom is 0.337 e. The standard InChI is InChI=1S/C49H78O20/c1-44(2)14-16-49(43(62)69-41-36(60)32(56)30(54)25(20-51)65-41)17-15-47(5)22(23(49)18-44)8-9-27-45(3)12-11-28(46(4,21-52)26(45)10-13-48(27,47)6)66-42-38(34(58)33(57)37(67-42)39(61)63-7)68-40-35(59)31(55)29(53)24(19-50)64-40/h8,23-38,40-42,50-60H,9-21H2,1-7H3/t23-,24+,25+,26+,27+,28-,29-,30+,31-,32-,33-,34-,35+,36+,37-,38+,40-,41-,42+,45-,46-,47+,48+,49-/m0/s1. The Morgan fingerprint density at radius 1 is 0.652 bits per heavy atom. The summed E-state index contributed by atoms with van der Waals surface area (Å²) in [6.07, 6.45) is -17.2. The molecule has 0 radical (unpaired) electrons. The van der Waals surface area contributed by atoms with Gasteiger partial charge >= 0.3 is 11.9 Å². The van der Waals surface area contributed by atoms with Gasteiger partial charge in [-0.25, -0.2) is 4.79 Å². The maximum absolute atomic E-state index is 14.7. The lowest BCUT2D eigenvalue weighted by Crippen LogP contribution is -2.68. The van der Waals surface area contributed by atoms with Crippen molar-refractivity contribution < 1.29 is 98.9 Å². The molecule has 8 aliphatic rings. The minimum atomic E-state index is -1.90. The van der Waals surface area contributed by atoms with Crippen LogP contribution in [0.5, 0.6) is 0 Å². The zero-order valence-electron chi connectivity index (χ0n) is 40.8. The molecule has 3 saturated heterocycles. The van der Waals surface area contributed by atoms with Gasteiger partial charge in [0.25, 0.3) is 0 Å². The van der Waals surface area contributed by atoms with E-state index < -0.39 is 134 Å². The lowest BCUT2D eigenvalue weighted by atomic mass is 9.33. The van der Waals surface area contributed by atoms with Crippen LogP contribution in [0.15, 0.2) is 11.6 Å². The van der Waals surface area contributed by atoms with Crippen molar-refractivity contribution in [1.82, 2.24) is 0 Å². The normalized spacial score (nSPS) is 52.8. The van der Waals surface area contributed by atoms with Crippen LogP contribution in [0.3, 0.4) is 0 Å². The van der Waals surface area contributed by atoms with E-state index in [0.717, 1.165) is 20.0 Å². The van der Waals surface area contributed by atoms with Crippen LogP contribution < -0.4 is 0 Å². The molecule has 11 N–H and O–H groups in total. The fourth-order valence-electron chi connectivity index (χ4n) is 15.1. The monoisotopic (exact) mass is 987 g/mol. The molecule has 24 atom stereocenters. The van der Waals surface area contributed by atoms with Crippen LogP contribution in [0.2, 0.25) is 0 Å². The molecule has 20 nitrogen and oxygen atoms in total. The third-order valence-electron chi connectivity index (χ3n) is 19.6. The Morgan fingerprint density at radius 2 is 1.26 bits per heavy atom. The predicted octanol–water partition coefficient (Wildman–Crippen LogP) is -0.706. The highest BCUT2D eigenvalue weighted by atomic mass is 16.8. The molecule has 20 heteroatoms. The van der Waals surface area contributed by atoms with E-state index in [0.29, 0.717) is 51.4 Å². The van der Waals surface area contributed by atoms with Crippen molar-refractivity contribution in [3.05, 3.63) is 11.6 Å². The first kappa shape index (κ1) is 53.3. The molecule has 5 aliphatic carbocycles. The highest BCUT2D eigenvalue weighted by Gasteiger charge is 2.71. The van der Waals surface area contributed by atoms with Crippen molar-refractivity contribution in [3.63, 3.8) is 0 Å². The van der Waals surface area contributed by atoms with Gasteiger partial charge in [0.2, 0.25) is 6.29 Å². The van der Waals surface area contributed by atoms with Gasteiger partial charge < -0.3 is 89.3 Å². The molecule has 0 amide bonds. The van der Waals surface area contributed by atoms with E-state index in [1.807, 2.05) is 6.92 Å². The fraction of sp³-hybridized carbons (Fsp3) is 0.918. The molecule has 3 aliphatic heterocycles. The molecule has 69 heavy (non-hydrogen) atoms. The Balaban J connectivity index is 1.07. The second kappa shape index (κ2) is 19.1. The van der Waals surface area contributed by atoms with Gasteiger partial charge in [-0.1, -0.05) is 53.2 Å². The minimum absolute atomic E-state index is 0.106. The van der Waals surface area contributed by atoms with Crippen molar-refractivity contribution in [2.75, 3.05) is 26.9 Å². The van der Waals surface area contributed by atoms with E-state index in [1.54, 1.807) is 0 Å². The third-order valence-corrected chi connectivity index (χ3v) is 19.6. The number of fused-ring (bicyclic) bond motifs is 7. The molecule has 0 aromatic rings. The number of hydrogen-bond donors (Lipinski definition) is 11. The number of hydrogen-bond acceptors (Lipinski definition) is 20. The van der Waals surface area contributed by atoms with E-state index in [9.17, 15) is 65.8 Å². The van der Waals surface area contributed by atoms with Gasteiger partial charge in [-0.05, 0) is 104 Å². The molecular formula is C49H78O20. The largest absolute Gasteiger partial charge is 0.467 e. The molecule has 0 aromatic carbocycles. The summed E-state index contributed by atoms with van der Waals surface area (Å²) < 4.78 is 40.8. The molecule has 4 saturated carbocycles. The van der Waals surface area contributed by atoms with Crippen LogP contribution >= 0.6 is 0 Å². The number of carbonyl (C=O) groups excluding carboxylic acids is 2. The topological polar surface area (TPSA) is 321 Å². The summed E-state index contributed by atoms with van der Waals surface area (Å²) in [6.45, 7) is 11.6. The summed E-state index contributed by atoms with van der Waals surface area (Å²) in [5.74, 6) is -1.75. The molecule has 7 fully saturated rings. The summed E-state index contributed by atoms with van der Waals surface area (Å²) in [5.41, 5.74) is -1.77. The Labute approximate surface area is 402 Å². The quantitative estimate of drug-likeness (QED) is 0.0732. The predicted molar refractivity (Wildman–Crippen MR) is 237 cm³/mol. The van der Waals surface area contributed by atoms with Crippen molar-refractivity contribution in [2.24, 2.45) is 50.2 Å². The fourth-order valence-corrected chi connectivity index (χ4v) is 15.1. The SMILES string of the molecule is COC(=O)[C@H]1O[C@@H](O[C@H]2CC[C@@]3(C)[C@@H](CC[C@]4(C)[C@@H]3CC=C3[C@@H]5CC(C)(C)CC[C@]5(C(=O)O[C@@H]5O[C@H](CO)[C@@H](O)[C@H](O)[C@H]5O)CC[C@]34C)[C@]2(C)CO)[C@H](O[C@@H]2O[C@H](CO)[C@H](O)[C@H](O)[C@H]2O)[C@@H](O)[C@@H]1O. The highest BCUT2D eigenvalue weighted by molar-refractivity contribution is 5.79. The first-order valence-corrected chi connectivity index (χ1v) is 24.9. The van der Waals surface area contributed by atoms with Gasteiger partial charge in [-0.2, -0.15) is 0 Å². The van der Waals surface area contributed by atoms with Gasteiger partial charge in [0.05, 0.1) is 38.4 Å². The Bertz CT molecular complexity index is 1910. The molecule has 0 bridgehead atoms. The van der Waals surface area contributed by atoms with Crippen molar-refractivity contribution in [1.29, 1.82) is 0 Å². The molecular weight excluding hydrogens is 909 g/mol. The minimum Gasteiger partial charge on any atom is -0.467 e. The number of rotatable bonds is 10. The van der Waals surface area contributed by atoms with E-state index in [1.165, 1.54) is 5.57 Å². The highest BCUT2D eigenvalue weighted by Crippen LogP contribution is 2.76. The number of esters is 2. The zero-order chi connectivity index (χ0) is 50.6. The van der Waals surface area contributed by atoms with Crippen molar-refractivity contribution >= 4 is 11.9 Å². The van der Waals surface area contributed by atoms with Gasteiger partial charge in [0.1, 0.15) is 67.1 Å². The van der Waals surface area contributed by atoms with Gasteiger partial charge in [0.15, 0.2) is 18.7 Å². The second-order valence-electron chi connectivity index (χ2n) is 23.5. The zero-order valence-corrected chi connectivity index (χ0v) is 40.8.